The summed E-state index contributed by atoms with van der Waals surface area (Å²) in [4.78, 5) is 22.5. The molecule has 1 atom stereocenters. The van der Waals surface area contributed by atoms with Crippen LogP contribution in [0.1, 0.15) is 25.3 Å². The van der Waals surface area contributed by atoms with Crippen LogP contribution in [-0.2, 0) is 9.59 Å². The van der Waals surface area contributed by atoms with Crippen LogP contribution in [0.25, 0.3) is 6.08 Å². The van der Waals surface area contributed by atoms with Crippen LogP contribution in [0.15, 0.2) is 30.3 Å². The molecule has 1 aromatic rings. The van der Waals surface area contributed by atoms with Gasteiger partial charge in [-0.15, -0.1) is 0 Å². The SMILES string of the molecule is CCCC(NC(=O)/C=C/c1ccccc1Cl)C(=O)O. The van der Waals surface area contributed by atoms with Crippen LogP contribution in [-0.4, -0.2) is 23.0 Å². The van der Waals surface area contributed by atoms with Gasteiger partial charge in [0.25, 0.3) is 0 Å². The zero-order valence-corrected chi connectivity index (χ0v) is 11.4. The summed E-state index contributed by atoms with van der Waals surface area (Å²) in [6.45, 7) is 1.86. The summed E-state index contributed by atoms with van der Waals surface area (Å²) in [5.41, 5.74) is 0.710. The van der Waals surface area contributed by atoms with Crippen molar-refractivity contribution in [3.05, 3.63) is 40.9 Å². The first-order chi connectivity index (χ1) is 9.04. The molecular formula is C14H16ClNO3. The minimum Gasteiger partial charge on any atom is -0.480 e. The van der Waals surface area contributed by atoms with Crippen molar-refractivity contribution in [1.29, 1.82) is 0 Å². The van der Waals surface area contributed by atoms with E-state index in [1.165, 1.54) is 6.08 Å². The summed E-state index contributed by atoms with van der Waals surface area (Å²) >= 11 is 5.94. The second-order valence-electron chi connectivity index (χ2n) is 4.04. The van der Waals surface area contributed by atoms with E-state index < -0.39 is 17.9 Å². The first-order valence-electron chi connectivity index (χ1n) is 6.00. The van der Waals surface area contributed by atoms with Crippen LogP contribution in [0.4, 0.5) is 0 Å². The highest BCUT2D eigenvalue weighted by molar-refractivity contribution is 6.32. The van der Waals surface area contributed by atoms with Gasteiger partial charge in [0, 0.05) is 11.1 Å². The van der Waals surface area contributed by atoms with Crippen LogP contribution < -0.4 is 5.32 Å². The number of nitrogens with one attached hydrogen (secondary N) is 1. The Bertz CT molecular complexity index is 485. The summed E-state index contributed by atoms with van der Waals surface area (Å²) in [6, 6.07) is 6.24. The topological polar surface area (TPSA) is 66.4 Å². The molecule has 4 nitrogen and oxygen atoms in total. The average molecular weight is 282 g/mol. The molecule has 102 valence electrons. The third-order valence-electron chi connectivity index (χ3n) is 2.51. The molecule has 1 unspecified atom stereocenters. The minimum absolute atomic E-state index is 0.404. The predicted octanol–water partition coefficient (Wildman–Crippen LogP) is 2.72. The zero-order valence-electron chi connectivity index (χ0n) is 10.6. The number of halogens is 1. The molecule has 0 bridgehead atoms. The molecule has 0 fully saturated rings. The summed E-state index contributed by atoms with van der Waals surface area (Å²) in [5, 5.41) is 11.9. The van der Waals surface area contributed by atoms with E-state index in [9.17, 15) is 9.59 Å². The Hall–Kier alpha value is -1.81. The van der Waals surface area contributed by atoms with Gasteiger partial charge in [-0.05, 0) is 24.1 Å². The van der Waals surface area contributed by atoms with Crippen molar-refractivity contribution in [2.75, 3.05) is 0 Å². The normalized spacial score (nSPS) is 12.3. The molecule has 5 heteroatoms. The van der Waals surface area contributed by atoms with Crippen molar-refractivity contribution in [3.63, 3.8) is 0 Å². The Morgan fingerprint density at radius 2 is 2.11 bits per heavy atom. The van der Waals surface area contributed by atoms with Gasteiger partial charge in [-0.2, -0.15) is 0 Å². The maximum atomic E-state index is 11.6. The fraction of sp³-hybridized carbons (Fsp3) is 0.286. The van der Waals surface area contributed by atoms with Gasteiger partial charge in [-0.1, -0.05) is 43.1 Å². The highest BCUT2D eigenvalue weighted by Gasteiger charge is 2.17. The fourth-order valence-corrected chi connectivity index (χ4v) is 1.74. The quantitative estimate of drug-likeness (QED) is 0.788. The van der Waals surface area contributed by atoms with Gasteiger partial charge < -0.3 is 10.4 Å². The highest BCUT2D eigenvalue weighted by Crippen LogP contribution is 2.16. The van der Waals surface area contributed by atoms with Crippen molar-refractivity contribution >= 4 is 29.6 Å². The number of hydrogen-bond donors (Lipinski definition) is 2. The summed E-state index contributed by atoms with van der Waals surface area (Å²) < 4.78 is 0. The molecule has 1 amide bonds. The van der Waals surface area contributed by atoms with Gasteiger partial charge >= 0.3 is 5.97 Å². The summed E-state index contributed by atoms with van der Waals surface area (Å²) in [5.74, 6) is -1.47. The van der Waals surface area contributed by atoms with Crippen LogP contribution in [0.5, 0.6) is 0 Å². The van der Waals surface area contributed by atoms with E-state index in [0.717, 1.165) is 0 Å². The van der Waals surface area contributed by atoms with Crippen molar-refractivity contribution < 1.29 is 14.7 Å². The molecule has 0 saturated carbocycles. The third-order valence-corrected chi connectivity index (χ3v) is 2.86. The Labute approximate surface area is 117 Å². The maximum Gasteiger partial charge on any atom is 0.326 e. The number of carboxylic acids is 1. The molecule has 1 aromatic carbocycles. The predicted molar refractivity (Wildman–Crippen MR) is 75.0 cm³/mol. The Balaban J connectivity index is 2.64. The minimum atomic E-state index is -1.03. The molecule has 1 rings (SSSR count). The van der Waals surface area contributed by atoms with Gasteiger partial charge in [0.15, 0.2) is 0 Å². The van der Waals surface area contributed by atoms with E-state index in [4.69, 9.17) is 16.7 Å². The molecule has 0 radical (unpaired) electrons. The van der Waals surface area contributed by atoms with Crippen molar-refractivity contribution in [2.24, 2.45) is 0 Å². The molecule has 0 aromatic heterocycles. The Morgan fingerprint density at radius 1 is 1.42 bits per heavy atom. The van der Waals surface area contributed by atoms with E-state index in [-0.39, 0.29) is 0 Å². The van der Waals surface area contributed by atoms with Crippen LogP contribution in [0.2, 0.25) is 5.02 Å². The lowest BCUT2D eigenvalue weighted by atomic mass is 10.1. The number of carbonyl (C=O) groups excluding carboxylic acids is 1. The Morgan fingerprint density at radius 3 is 2.68 bits per heavy atom. The van der Waals surface area contributed by atoms with E-state index in [2.05, 4.69) is 5.32 Å². The first kappa shape index (κ1) is 15.2. The molecule has 0 heterocycles. The molecule has 0 aliphatic rings. The lowest BCUT2D eigenvalue weighted by Crippen LogP contribution is -2.39. The maximum absolute atomic E-state index is 11.6. The summed E-state index contributed by atoms with van der Waals surface area (Å²) in [6.07, 6.45) is 3.93. The van der Waals surface area contributed by atoms with E-state index in [0.29, 0.717) is 23.4 Å². The van der Waals surface area contributed by atoms with Crippen molar-refractivity contribution in [3.8, 4) is 0 Å². The molecule has 2 N–H and O–H groups in total. The molecule has 0 aliphatic heterocycles. The smallest absolute Gasteiger partial charge is 0.326 e. The van der Waals surface area contributed by atoms with Gasteiger partial charge in [0.1, 0.15) is 6.04 Å². The number of carbonyl (C=O) groups is 2. The van der Waals surface area contributed by atoms with Gasteiger partial charge in [-0.3, -0.25) is 4.79 Å². The standard InChI is InChI=1S/C14H16ClNO3/c1-2-5-12(14(18)19)16-13(17)9-8-10-6-3-4-7-11(10)15/h3-4,6-9,12H,2,5H2,1H3,(H,16,17)(H,18,19)/b9-8+. The molecular weight excluding hydrogens is 266 g/mol. The van der Waals surface area contributed by atoms with Gasteiger partial charge in [0.2, 0.25) is 5.91 Å². The molecule has 0 aliphatic carbocycles. The molecule has 0 saturated heterocycles. The summed E-state index contributed by atoms with van der Waals surface area (Å²) in [7, 11) is 0. The monoisotopic (exact) mass is 281 g/mol. The second kappa shape index (κ2) is 7.59. The first-order valence-corrected chi connectivity index (χ1v) is 6.38. The van der Waals surface area contributed by atoms with Crippen molar-refractivity contribution in [1.82, 2.24) is 5.32 Å². The number of rotatable bonds is 6. The highest BCUT2D eigenvalue weighted by atomic mass is 35.5. The van der Waals surface area contributed by atoms with Gasteiger partial charge in [0.05, 0.1) is 0 Å². The molecule has 0 spiro atoms. The van der Waals surface area contributed by atoms with Crippen LogP contribution in [0, 0.1) is 0 Å². The van der Waals surface area contributed by atoms with Crippen LogP contribution in [0.3, 0.4) is 0 Å². The van der Waals surface area contributed by atoms with E-state index >= 15 is 0 Å². The largest absolute Gasteiger partial charge is 0.480 e. The number of amides is 1. The molecule has 19 heavy (non-hydrogen) atoms. The number of benzene rings is 1. The number of aliphatic carboxylic acids is 1. The lowest BCUT2D eigenvalue weighted by molar-refractivity contribution is -0.141. The van der Waals surface area contributed by atoms with E-state index in [1.807, 2.05) is 6.92 Å². The van der Waals surface area contributed by atoms with Crippen LogP contribution >= 0.6 is 11.6 Å². The van der Waals surface area contributed by atoms with Gasteiger partial charge in [-0.25, -0.2) is 4.79 Å². The van der Waals surface area contributed by atoms with Crippen molar-refractivity contribution in [2.45, 2.75) is 25.8 Å². The third kappa shape index (κ3) is 5.14. The Kier molecular flexibility index (Phi) is 6.09. The lowest BCUT2D eigenvalue weighted by Gasteiger charge is -2.11. The van der Waals surface area contributed by atoms with E-state index in [1.54, 1.807) is 30.3 Å². The second-order valence-corrected chi connectivity index (χ2v) is 4.45. The fourth-order valence-electron chi connectivity index (χ4n) is 1.54. The number of carboxylic acid groups (broad SMARTS) is 1. The number of hydrogen-bond acceptors (Lipinski definition) is 2. The average Bonchev–Trinajstić information content (AvgIpc) is 2.37. The zero-order chi connectivity index (χ0) is 14.3.